The van der Waals surface area contributed by atoms with Crippen molar-refractivity contribution < 1.29 is 4.79 Å². The fourth-order valence-corrected chi connectivity index (χ4v) is 3.00. The lowest BCUT2D eigenvalue weighted by Crippen LogP contribution is -2.31. The summed E-state index contributed by atoms with van der Waals surface area (Å²) in [6.45, 7) is 3.39. The SMILES string of the molecule is O=C(CCCN1CCCCC1)Nc1cc(-c2ccccc2)n[nH]1. The summed E-state index contributed by atoms with van der Waals surface area (Å²) < 4.78 is 0. The minimum Gasteiger partial charge on any atom is -0.311 e. The zero-order valence-electron chi connectivity index (χ0n) is 13.4. The molecule has 2 aromatic rings. The van der Waals surface area contributed by atoms with Crippen molar-refractivity contribution in [3.63, 3.8) is 0 Å². The van der Waals surface area contributed by atoms with E-state index in [9.17, 15) is 4.79 Å². The zero-order valence-corrected chi connectivity index (χ0v) is 13.4. The average molecular weight is 312 g/mol. The van der Waals surface area contributed by atoms with Gasteiger partial charge >= 0.3 is 0 Å². The fourth-order valence-electron chi connectivity index (χ4n) is 3.00. The van der Waals surface area contributed by atoms with E-state index in [1.54, 1.807) is 0 Å². The minimum absolute atomic E-state index is 0.0465. The zero-order chi connectivity index (χ0) is 15.9. The summed E-state index contributed by atoms with van der Waals surface area (Å²) in [7, 11) is 0. The van der Waals surface area contributed by atoms with E-state index < -0.39 is 0 Å². The molecule has 0 radical (unpaired) electrons. The molecule has 2 N–H and O–H groups in total. The molecule has 2 heterocycles. The number of aromatic nitrogens is 2. The van der Waals surface area contributed by atoms with Crippen LogP contribution in [0.4, 0.5) is 5.82 Å². The number of H-pyrrole nitrogens is 1. The van der Waals surface area contributed by atoms with Crippen molar-refractivity contribution in [1.82, 2.24) is 15.1 Å². The maximum absolute atomic E-state index is 12.0. The summed E-state index contributed by atoms with van der Waals surface area (Å²) >= 11 is 0. The van der Waals surface area contributed by atoms with Gasteiger partial charge in [0.25, 0.3) is 0 Å². The highest BCUT2D eigenvalue weighted by Gasteiger charge is 2.11. The maximum atomic E-state index is 12.0. The molecule has 1 fully saturated rings. The third-order valence-corrected chi connectivity index (χ3v) is 4.25. The molecular weight excluding hydrogens is 288 g/mol. The van der Waals surface area contributed by atoms with Gasteiger partial charge in [0.2, 0.25) is 5.91 Å². The Kier molecular flexibility index (Phi) is 5.42. The first kappa shape index (κ1) is 15.7. The monoisotopic (exact) mass is 312 g/mol. The van der Waals surface area contributed by atoms with Crippen molar-refractivity contribution in [1.29, 1.82) is 0 Å². The smallest absolute Gasteiger partial charge is 0.225 e. The van der Waals surface area contributed by atoms with Gasteiger partial charge in [-0.15, -0.1) is 0 Å². The number of likely N-dealkylation sites (tertiary alicyclic amines) is 1. The van der Waals surface area contributed by atoms with Gasteiger partial charge in [-0.1, -0.05) is 36.8 Å². The number of aromatic amines is 1. The standard InChI is InChI=1S/C18H24N4O/c23-18(10-7-13-22-11-5-2-6-12-22)19-17-14-16(20-21-17)15-8-3-1-4-9-15/h1,3-4,8-9,14H,2,5-7,10-13H2,(H2,19,20,21,23). The van der Waals surface area contributed by atoms with Crippen molar-refractivity contribution in [2.45, 2.75) is 32.1 Å². The van der Waals surface area contributed by atoms with Crippen molar-refractivity contribution >= 4 is 11.7 Å². The summed E-state index contributed by atoms with van der Waals surface area (Å²) in [5, 5.41) is 10.0. The van der Waals surface area contributed by atoms with Gasteiger partial charge in [-0.05, 0) is 38.9 Å². The Morgan fingerprint density at radius 3 is 2.74 bits per heavy atom. The molecule has 1 aliphatic heterocycles. The molecule has 0 bridgehead atoms. The van der Waals surface area contributed by atoms with Crippen LogP contribution >= 0.6 is 0 Å². The molecule has 1 aromatic heterocycles. The number of piperidine rings is 1. The number of rotatable bonds is 6. The second kappa shape index (κ2) is 7.92. The first-order valence-electron chi connectivity index (χ1n) is 8.44. The van der Waals surface area contributed by atoms with Gasteiger partial charge in [-0.25, -0.2) is 0 Å². The van der Waals surface area contributed by atoms with Crippen LogP contribution in [0, 0.1) is 0 Å². The molecule has 1 aliphatic rings. The van der Waals surface area contributed by atoms with Gasteiger partial charge in [0.15, 0.2) is 0 Å². The van der Waals surface area contributed by atoms with E-state index in [0.29, 0.717) is 12.2 Å². The normalized spacial score (nSPS) is 15.5. The van der Waals surface area contributed by atoms with Gasteiger partial charge in [0.05, 0.1) is 5.69 Å². The van der Waals surface area contributed by atoms with Crippen LogP contribution in [0.5, 0.6) is 0 Å². The van der Waals surface area contributed by atoms with E-state index in [1.807, 2.05) is 36.4 Å². The van der Waals surface area contributed by atoms with E-state index >= 15 is 0 Å². The molecule has 0 unspecified atom stereocenters. The second-order valence-corrected chi connectivity index (χ2v) is 6.09. The van der Waals surface area contributed by atoms with Crippen molar-refractivity contribution in [3.8, 4) is 11.3 Å². The van der Waals surface area contributed by atoms with Gasteiger partial charge in [-0.2, -0.15) is 5.10 Å². The number of nitrogens with one attached hydrogen (secondary N) is 2. The molecule has 5 heteroatoms. The highest BCUT2D eigenvalue weighted by Crippen LogP contribution is 2.19. The predicted molar refractivity (Wildman–Crippen MR) is 92.2 cm³/mol. The van der Waals surface area contributed by atoms with Gasteiger partial charge in [0.1, 0.15) is 5.82 Å². The number of nitrogens with zero attached hydrogens (tertiary/aromatic N) is 2. The summed E-state index contributed by atoms with van der Waals surface area (Å²) in [5.41, 5.74) is 1.88. The van der Waals surface area contributed by atoms with Crippen molar-refractivity contribution in [3.05, 3.63) is 36.4 Å². The number of anilines is 1. The second-order valence-electron chi connectivity index (χ2n) is 6.09. The van der Waals surface area contributed by atoms with Crippen LogP contribution in [-0.2, 0) is 4.79 Å². The van der Waals surface area contributed by atoms with E-state index in [2.05, 4.69) is 20.4 Å². The highest BCUT2D eigenvalue weighted by atomic mass is 16.1. The molecule has 3 rings (SSSR count). The molecule has 1 amide bonds. The van der Waals surface area contributed by atoms with Gasteiger partial charge in [0, 0.05) is 18.1 Å². The lowest BCUT2D eigenvalue weighted by molar-refractivity contribution is -0.116. The molecule has 0 aliphatic carbocycles. The largest absolute Gasteiger partial charge is 0.311 e. The lowest BCUT2D eigenvalue weighted by Gasteiger charge is -2.26. The first-order valence-corrected chi connectivity index (χ1v) is 8.44. The number of amides is 1. The summed E-state index contributed by atoms with van der Waals surface area (Å²) in [4.78, 5) is 14.5. The summed E-state index contributed by atoms with van der Waals surface area (Å²) in [6, 6.07) is 11.8. The average Bonchev–Trinajstić information content (AvgIpc) is 3.05. The third-order valence-electron chi connectivity index (χ3n) is 4.25. The number of hydrogen-bond donors (Lipinski definition) is 2. The van der Waals surface area contributed by atoms with Crippen LogP contribution in [0.3, 0.4) is 0 Å². The van der Waals surface area contributed by atoms with E-state index in [-0.39, 0.29) is 5.91 Å². The molecule has 1 aromatic carbocycles. The number of hydrogen-bond acceptors (Lipinski definition) is 3. The third kappa shape index (κ3) is 4.66. The van der Waals surface area contributed by atoms with Crippen LogP contribution in [-0.4, -0.2) is 40.6 Å². The maximum Gasteiger partial charge on any atom is 0.225 e. The van der Waals surface area contributed by atoms with Crippen LogP contribution in [0.2, 0.25) is 0 Å². The van der Waals surface area contributed by atoms with Crippen LogP contribution in [0.1, 0.15) is 32.1 Å². The summed E-state index contributed by atoms with van der Waals surface area (Å²) in [5.74, 6) is 0.706. The Morgan fingerprint density at radius 1 is 1.17 bits per heavy atom. The lowest BCUT2D eigenvalue weighted by atomic mass is 10.1. The molecule has 5 nitrogen and oxygen atoms in total. The molecule has 1 saturated heterocycles. The topological polar surface area (TPSA) is 61.0 Å². The van der Waals surface area contributed by atoms with E-state index in [4.69, 9.17) is 0 Å². The molecule has 0 spiro atoms. The predicted octanol–water partition coefficient (Wildman–Crippen LogP) is 3.28. The van der Waals surface area contributed by atoms with E-state index in [0.717, 1.165) is 24.2 Å². The van der Waals surface area contributed by atoms with Crippen LogP contribution < -0.4 is 5.32 Å². The molecule has 0 saturated carbocycles. The molecule has 0 atom stereocenters. The van der Waals surface area contributed by atoms with Crippen molar-refractivity contribution in [2.75, 3.05) is 25.0 Å². The van der Waals surface area contributed by atoms with Gasteiger partial charge < -0.3 is 10.2 Å². The Hall–Kier alpha value is -2.14. The fraction of sp³-hybridized carbons (Fsp3) is 0.444. The quantitative estimate of drug-likeness (QED) is 0.860. The molecule has 122 valence electrons. The van der Waals surface area contributed by atoms with Crippen LogP contribution in [0.15, 0.2) is 36.4 Å². The van der Waals surface area contributed by atoms with Crippen LogP contribution in [0.25, 0.3) is 11.3 Å². The van der Waals surface area contributed by atoms with Crippen molar-refractivity contribution in [2.24, 2.45) is 0 Å². The number of carbonyl (C=O) groups excluding carboxylic acids is 1. The Labute approximate surface area is 137 Å². The Bertz CT molecular complexity index is 617. The first-order chi connectivity index (χ1) is 11.3. The highest BCUT2D eigenvalue weighted by molar-refractivity contribution is 5.90. The number of carbonyl (C=O) groups is 1. The van der Waals surface area contributed by atoms with Gasteiger partial charge in [-0.3, -0.25) is 9.89 Å². The molecule has 23 heavy (non-hydrogen) atoms. The van der Waals surface area contributed by atoms with E-state index in [1.165, 1.54) is 32.4 Å². The number of benzene rings is 1. The Balaban J connectivity index is 1.44. The Morgan fingerprint density at radius 2 is 1.96 bits per heavy atom. The molecular formula is C18H24N4O. The minimum atomic E-state index is 0.0465. The summed E-state index contributed by atoms with van der Waals surface area (Å²) in [6.07, 6.45) is 5.40.